The number of rotatable bonds is 5. The van der Waals surface area contributed by atoms with Crippen LogP contribution < -0.4 is 10.1 Å². The van der Waals surface area contributed by atoms with Crippen molar-refractivity contribution in [2.24, 2.45) is 0 Å². The minimum Gasteiger partial charge on any atom is -0.437 e. The molecule has 0 spiro atoms. The molecule has 20 heavy (non-hydrogen) atoms. The van der Waals surface area contributed by atoms with Crippen molar-refractivity contribution in [3.8, 4) is 11.6 Å². The molecular formula is C14H13BrFN3O. The van der Waals surface area contributed by atoms with Gasteiger partial charge in [-0.25, -0.2) is 9.37 Å². The number of halogens is 2. The molecule has 0 radical (unpaired) electrons. The first kappa shape index (κ1) is 13.5. The summed E-state index contributed by atoms with van der Waals surface area (Å²) in [5, 5.41) is 3.36. The fourth-order valence-corrected chi connectivity index (χ4v) is 2.18. The van der Waals surface area contributed by atoms with E-state index in [1.54, 1.807) is 18.5 Å². The zero-order chi connectivity index (χ0) is 13.9. The van der Waals surface area contributed by atoms with Gasteiger partial charge in [-0.05, 0) is 25.0 Å². The van der Waals surface area contributed by atoms with E-state index in [0.29, 0.717) is 28.7 Å². The number of nitrogens with zero attached hydrogens (tertiary/aromatic N) is 2. The Hall–Kier alpha value is -1.53. The Morgan fingerprint density at radius 2 is 2.10 bits per heavy atom. The van der Waals surface area contributed by atoms with Crippen molar-refractivity contribution in [2.45, 2.75) is 25.4 Å². The maximum absolute atomic E-state index is 13.2. The van der Waals surface area contributed by atoms with Crippen LogP contribution in [0.3, 0.4) is 0 Å². The van der Waals surface area contributed by atoms with Crippen molar-refractivity contribution in [2.75, 3.05) is 0 Å². The van der Waals surface area contributed by atoms with Gasteiger partial charge >= 0.3 is 0 Å². The summed E-state index contributed by atoms with van der Waals surface area (Å²) in [5.41, 5.74) is 0.865. The average molecular weight is 338 g/mol. The van der Waals surface area contributed by atoms with Crippen LogP contribution in [-0.4, -0.2) is 16.0 Å². The topological polar surface area (TPSA) is 47.0 Å². The molecule has 1 N–H and O–H groups in total. The molecule has 1 aliphatic carbocycles. The summed E-state index contributed by atoms with van der Waals surface area (Å²) in [6, 6.07) is 4.98. The van der Waals surface area contributed by atoms with Gasteiger partial charge in [0.1, 0.15) is 11.6 Å². The molecule has 104 valence electrons. The number of hydrogen-bond acceptors (Lipinski definition) is 4. The van der Waals surface area contributed by atoms with Gasteiger partial charge in [0.2, 0.25) is 5.88 Å². The quantitative estimate of drug-likeness (QED) is 0.908. The van der Waals surface area contributed by atoms with Crippen LogP contribution in [0.2, 0.25) is 0 Å². The van der Waals surface area contributed by atoms with Crippen LogP contribution in [0.15, 0.2) is 35.1 Å². The monoisotopic (exact) mass is 337 g/mol. The van der Waals surface area contributed by atoms with Gasteiger partial charge in [-0.2, -0.15) is 0 Å². The highest BCUT2D eigenvalue weighted by atomic mass is 79.9. The molecule has 6 heteroatoms. The highest BCUT2D eigenvalue weighted by Gasteiger charge is 2.20. The van der Waals surface area contributed by atoms with Crippen LogP contribution in [0.1, 0.15) is 18.5 Å². The highest BCUT2D eigenvalue weighted by molar-refractivity contribution is 9.10. The summed E-state index contributed by atoms with van der Waals surface area (Å²) in [4.78, 5) is 8.43. The number of ether oxygens (including phenoxy) is 1. The fraction of sp³-hybridized carbons (Fsp3) is 0.286. The van der Waals surface area contributed by atoms with Gasteiger partial charge in [0.15, 0.2) is 0 Å². The molecule has 0 amide bonds. The second kappa shape index (κ2) is 5.85. The minimum atomic E-state index is -0.368. The van der Waals surface area contributed by atoms with Crippen molar-refractivity contribution in [1.29, 1.82) is 0 Å². The zero-order valence-corrected chi connectivity index (χ0v) is 12.2. The number of nitrogens with one attached hydrogen (secondary N) is 1. The second-order valence-electron chi connectivity index (χ2n) is 4.71. The summed E-state index contributed by atoms with van der Waals surface area (Å²) in [6.07, 6.45) is 5.69. The van der Waals surface area contributed by atoms with E-state index in [4.69, 9.17) is 4.74 Å². The predicted octanol–water partition coefficient (Wildman–Crippen LogP) is 3.42. The summed E-state index contributed by atoms with van der Waals surface area (Å²) >= 11 is 3.21. The molecule has 1 heterocycles. The molecule has 1 aromatic heterocycles. The molecule has 1 fully saturated rings. The van der Waals surface area contributed by atoms with E-state index in [2.05, 4.69) is 31.2 Å². The summed E-state index contributed by atoms with van der Waals surface area (Å²) in [5.74, 6) is 0.361. The van der Waals surface area contributed by atoms with Crippen molar-refractivity contribution in [3.05, 3.63) is 46.6 Å². The molecule has 2 aromatic rings. The van der Waals surface area contributed by atoms with Crippen LogP contribution in [0.5, 0.6) is 11.6 Å². The second-order valence-corrected chi connectivity index (χ2v) is 5.62. The first-order valence-corrected chi connectivity index (χ1v) is 7.16. The standard InChI is InChI=1S/C14H13BrFN3O/c15-9-3-10(16)5-13(4-9)20-14-8-18-12(7-19-14)6-17-11-1-2-11/h3-5,7-8,11,17H,1-2,6H2. The van der Waals surface area contributed by atoms with Gasteiger partial charge in [-0.1, -0.05) is 15.9 Å². The Morgan fingerprint density at radius 3 is 2.75 bits per heavy atom. The molecule has 0 bridgehead atoms. The first-order valence-electron chi connectivity index (χ1n) is 6.37. The summed E-state index contributed by atoms with van der Waals surface area (Å²) < 4.78 is 19.3. The Balaban J connectivity index is 1.64. The lowest BCUT2D eigenvalue weighted by Crippen LogP contribution is -2.16. The molecule has 0 unspecified atom stereocenters. The van der Waals surface area contributed by atoms with Crippen molar-refractivity contribution < 1.29 is 9.13 Å². The van der Waals surface area contributed by atoms with Crippen LogP contribution in [0, 0.1) is 5.82 Å². The van der Waals surface area contributed by atoms with Gasteiger partial charge in [0, 0.05) is 23.1 Å². The summed E-state index contributed by atoms with van der Waals surface area (Å²) in [7, 11) is 0. The van der Waals surface area contributed by atoms with Gasteiger partial charge < -0.3 is 10.1 Å². The third-order valence-electron chi connectivity index (χ3n) is 2.89. The Kier molecular flexibility index (Phi) is 3.93. The molecular weight excluding hydrogens is 325 g/mol. The molecule has 0 atom stereocenters. The average Bonchev–Trinajstić information content (AvgIpc) is 3.21. The molecule has 1 aromatic carbocycles. The number of aromatic nitrogens is 2. The van der Waals surface area contributed by atoms with Crippen LogP contribution >= 0.6 is 15.9 Å². The molecule has 1 saturated carbocycles. The van der Waals surface area contributed by atoms with Crippen molar-refractivity contribution >= 4 is 15.9 Å². The molecule has 0 aliphatic heterocycles. The zero-order valence-electron chi connectivity index (χ0n) is 10.6. The number of hydrogen-bond donors (Lipinski definition) is 1. The first-order chi connectivity index (χ1) is 9.69. The maximum atomic E-state index is 13.2. The Labute approximate surface area is 124 Å². The lowest BCUT2D eigenvalue weighted by Gasteiger charge is -2.06. The van der Waals surface area contributed by atoms with E-state index in [1.165, 1.54) is 25.0 Å². The maximum Gasteiger partial charge on any atom is 0.237 e. The number of benzene rings is 1. The highest BCUT2D eigenvalue weighted by Crippen LogP contribution is 2.24. The fourth-order valence-electron chi connectivity index (χ4n) is 1.73. The van der Waals surface area contributed by atoms with Crippen molar-refractivity contribution in [3.63, 3.8) is 0 Å². The minimum absolute atomic E-state index is 0.345. The van der Waals surface area contributed by atoms with Gasteiger partial charge in [0.05, 0.1) is 18.1 Å². The van der Waals surface area contributed by atoms with Gasteiger partial charge in [0.25, 0.3) is 0 Å². The Bertz CT molecular complexity index is 582. The predicted molar refractivity (Wildman–Crippen MR) is 76.1 cm³/mol. The molecule has 1 aliphatic rings. The molecule has 4 nitrogen and oxygen atoms in total. The Morgan fingerprint density at radius 1 is 1.25 bits per heavy atom. The van der Waals surface area contributed by atoms with E-state index in [-0.39, 0.29) is 5.82 Å². The SMILES string of the molecule is Fc1cc(Br)cc(Oc2cnc(CNC3CC3)cn2)c1. The normalized spacial score (nSPS) is 14.3. The van der Waals surface area contributed by atoms with E-state index < -0.39 is 0 Å². The van der Waals surface area contributed by atoms with E-state index >= 15 is 0 Å². The molecule has 3 rings (SSSR count). The van der Waals surface area contributed by atoms with Crippen LogP contribution in [0.4, 0.5) is 4.39 Å². The van der Waals surface area contributed by atoms with Gasteiger partial charge in [-0.15, -0.1) is 0 Å². The van der Waals surface area contributed by atoms with E-state index in [9.17, 15) is 4.39 Å². The smallest absolute Gasteiger partial charge is 0.237 e. The van der Waals surface area contributed by atoms with Crippen LogP contribution in [0.25, 0.3) is 0 Å². The molecule has 0 saturated heterocycles. The lowest BCUT2D eigenvalue weighted by atomic mass is 10.3. The summed E-state index contributed by atoms with van der Waals surface area (Å²) in [6.45, 7) is 0.712. The third-order valence-corrected chi connectivity index (χ3v) is 3.35. The van der Waals surface area contributed by atoms with Crippen molar-refractivity contribution in [1.82, 2.24) is 15.3 Å². The largest absolute Gasteiger partial charge is 0.437 e. The lowest BCUT2D eigenvalue weighted by molar-refractivity contribution is 0.453. The van der Waals surface area contributed by atoms with E-state index in [0.717, 1.165) is 5.69 Å². The van der Waals surface area contributed by atoms with E-state index in [1.807, 2.05) is 0 Å². The third kappa shape index (κ3) is 3.74. The van der Waals surface area contributed by atoms with Gasteiger partial charge in [-0.3, -0.25) is 4.98 Å². The van der Waals surface area contributed by atoms with Crippen LogP contribution in [-0.2, 0) is 6.54 Å².